The van der Waals surface area contributed by atoms with Gasteiger partial charge in [-0.25, -0.2) is 4.39 Å². The van der Waals surface area contributed by atoms with Crippen molar-refractivity contribution in [2.75, 3.05) is 0 Å². The van der Waals surface area contributed by atoms with Crippen LogP contribution in [0.3, 0.4) is 0 Å². The Morgan fingerprint density at radius 2 is 1.65 bits per heavy atom. The molecule has 5 heteroatoms. The predicted octanol–water partition coefficient (Wildman–Crippen LogP) is 5.21. The lowest BCUT2D eigenvalue weighted by Crippen LogP contribution is -2.49. The van der Waals surface area contributed by atoms with Gasteiger partial charge in [0.05, 0.1) is 0 Å². The SMILES string of the molecule is CC[C@@H](C)NC(=O)[C@@H](C)N(Cc1ccccc1F)C(=O)CCc1ccc(C(C)C)cc1. The molecule has 0 aliphatic heterocycles. The van der Waals surface area contributed by atoms with Crippen LogP contribution in [0.15, 0.2) is 48.5 Å². The van der Waals surface area contributed by atoms with E-state index < -0.39 is 6.04 Å². The van der Waals surface area contributed by atoms with Gasteiger partial charge in [-0.1, -0.05) is 63.2 Å². The predicted molar refractivity (Wildman–Crippen MR) is 123 cm³/mol. The van der Waals surface area contributed by atoms with Gasteiger partial charge in [0.2, 0.25) is 11.8 Å². The number of halogens is 1. The number of nitrogens with one attached hydrogen (secondary N) is 1. The molecular formula is C26H35FN2O2. The minimum atomic E-state index is -0.690. The number of hydrogen-bond donors (Lipinski definition) is 1. The smallest absolute Gasteiger partial charge is 0.242 e. The van der Waals surface area contributed by atoms with Crippen molar-refractivity contribution in [3.8, 4) is 0 Å². The van der Waals surface area contributed by atoms with Crippen molar-refractivity contribution >= 4 is 11.8 Å². The van der Waals surface area contributed by atoms with Crippen LogP contribution in [0.4, 0.5) is 4.39 Å². The quantitative estimate of drug-likeness (QED) is 0.567. The van der Waals surface area contributed by atoms with Crippen LogP contribution in [0.2, 0.25) is 0 Å². The third-order valence-corrected chi connectivity index (χ3v) is 5.74. The minimum absolute atomic E-state index is 0.0137. The summed E-state index contributed by atoms with van der Waals surface area (Å²) in [5.74, 6) is -0.306. The molecule has 0 spiro atoms. The first-order chi connectivity index (χ1) is 14.7. The van der Waals surface area contributed by atoms with Gasteiger partial charge in [0.1, 0.15) is 11.9 Å². The van der Waals surface area contributed by atoms with E-state index in [1.165, 1.54) is 16.5 Å². The average Bonchev–Trinajstić information content (AvgIpc) is 2.76. The summed E-state index contributed by atoms with van der Waals surface area (Å²) in [5.41, 5.74) is 2.73. The summed E-state index contributed by atoms with van der Waals surface area (Å²) in [7, 11) is 0. The molecule has 2 amide bonds. The maximum absolute atomic E-state index is 14.3. The van der Waals surface area contributed by atoms with Gasteiger partial charge in [-0.2, -0.15) is 0 Å². The number of rotatable bonds is 10. The first-order valence-electron chi connectivity index (χ1n) is 11.1. The van der Waals surface area contributed by atoms with Gasteiger partial charge in [-0.3, -0.25) is 9.59 Å². The van der Waals surface area contributed by atoms with Crippen LogP contribution in [0.1, 0.15) is 70.1 Å². The van der Waals surface area contributed by atoms with Crippen LogP contribution in [0.5, 0.6) is 0 Å². The first-order valence-corrected chi connectivity index (χ1v) is 11.1. The number of hydrogen-bond acceptors (Lipinski definition) is 2. The molecule has 0 bridgehead atoms. The van der Waals surface area contributed by atoms with Crippen LogP contribution in [0, 0.1) is 5.82 Å². The van der Waals surface area contributed by atoms with Gasteiger partial charge >= 0.3 is 0 Å². The van der Waals surface area contributed by atoms with Gasteiger partial charge in [-0.05, 0) is 49.8 Å². The van der Waals surface area contributed by atoms with Crippen LogP contribution in [-0.4, -0.2) is 28.8 Å². The number of carbonyl (C=O) groups excluding carboxylic acids is 2. The number of benzene rings is 2. The molecule has 0 saturated carbocycles. The van der Waals surface area contributed by atoms with Crippen molar-refractivity contribution in [3.63, 3.8) is 0 Å². The third kappa shape index (κ3) is 7.20. The molecule has 0 aliphatic rings. The highest BCUT2D eigenvalue weighted by molar-refractivity contribution is 5.87. The van der Waals surface area contributed by atoms with E-state index in [-0.39, 0.29) is 36.6 Å². The lowest BCUT2D eigenvalue weighted by Gasteiger charge is -2.30. The number of carbonyl (C=O) groups is 2. The highest BCUT2D eigenvalue weighted by atomic mass is 19.1. The van der Waals surface area contributed by atoms with E-state index in [9.17, 15) is 14.0 Å². The zero-order chi connectivity index (χ0) is 23.0. The maximum Gasteiger partial charge on any atom is 0.242 e. The fourth-order valence-corrected chi connectivity index (χ4v) is 3.32. The molecular weight excluding hydrogens is 391 g/mol. The third-order valence-electron chi connectivity index (χ3n) is 5.74. The van der Waals surface area contributed by atoms with Crippen molar-refractivity contribution in [2.45, 2.75) is 78.4 Å². The standard InChI is InChI=1S/C26H35FN2O2/c1-6-19(4)28-26(31)20(5)29(17-23-9-7-8-10-24(23)27)25(30)16-13-21-11-14-22(15-12-21)18(2)3/h7-12,14-15,18-20H,6,13,16-17H2,1-5H3,(H,28,31)/t19-,20-/m1/s1. The summed E-state index contributed by atoms with van der Waals surface area (Å²) in [6.45, 7) is 9.97. The van der Waals surface area contributed by atoms with E-state index in [1.807, 2.05) is 26.0 Å². The van der Waals surface area contributed by atoms with Crippen LogP contribution in [0.25, 0.3) is 0 Å². The topological polar surface area (TPSA) is 49.4 Å². The Labute approximate surface area is 185 Å². The summed E-state index contributed by atoms with van der Waals surface area (Å²) in [4.78, 5) is 27.3. The van der Waals surface area contributed by atoms with E-state index in [1.54, 1.807) is 25.1 Å². The molecule has 0 aliphatic carbocycles. The molecule has 2 aromatic carbocycles. The second kappa shape index (κ2) is 11.6. The molecule has 2 atom stereocenters. The van der Waals surface area contributed by atoms with Gasteiger partial charge in [0.25, 0.3) is 0 Å². The Balaban J connectivity index is 2.14. The molecule has 4 nitrogen and oxygen atoms in total. The normalized spacial score (nSPS) is 13.0. The zero-order valence-electron chi connectivity index (χ0n) is 19.3. The molecule has 31 heavy (non-hydrogen) atoms. The van der Waals surface area contributed by atoms with Crippen LogP contribution < -0.4 is 5.32 Å². The molecule has 0 heterocycles. The molecule has 0 aromatic heterocycles. The highest BCUT2D eigenvalue weighted by Crippen LogP contribution is 2.18. The van der Waals surface area contributed by atoms with Crippen molar-refractivity contribution in [1.29, 1.82) is 0 Å². The Hall–Kier alpha value is -2.69. The van der Waals surface area contributed by atoms with Gasteiger partial charge < -0.3 is 10.2 Å². The van der Waals surface area contributed by atoms with Crippen molar-refractivity contribution < 1.29 is 14.0 Å². The Morgan fingerprint density at radius 3 is 2.23 bits per heavy atom. The van der Waals surface area contributed by atoms with E-state index >= 15 is 0 Å². The second-order valence-electron chi connectivity index (χ2n) is 8.50. The van der Waals surface area contributed by atoms with E-state index in [4.69, 9.17) is 0 Å². The Morgan fingerprint density at radius 1 is 1.00 bits per heavy atom. The van der Waals surface area contributed by atoms with E-state index in [0.29, 0.717) is 17.9 Å². The summed E-state index contributed by atoms with van der Waals surface area (Å²) in [6, 6.07) is 14.0. The summed E-state index contributed by atoms with van der Waals surface area (Å²) >= 11 is 0. The number of amides is 2. The summed E-state index contributed by atoms with van der Waals surface area (Å²) in [6.07, 6.45) is 1.63. The summed E-state index contributed by atoms with van der Waals surface area (Å²) < 4.78 is 14.3. The van der Waals surface area contributed by atoms with Gasteiger partial charge in [0, 0.05) is 24.6 Å². The van der Waals surface area contributed by atoms with E-state index in [0.717, 1.165) is 12.0 Å². The fraction of sp³-hybridized carbons (Fsp3) is 0.462. The van der Waals surface area contributed by atoms with Crippen LogP contribution in [-0.2, 0) is 22.6 Å². The minimum Gasteiger partial charge on any atom is -0.352 e. The van der Waals surface area contributed by atoms with Crippen molar-refractivity contribution in [3.05, 3.63) is 71.0 Å². The van der Waals surface area contributed by atoms with Gasteiger partial charge in [-0.15, -0.1) is 0 Å². The first kappa shape index (κ1) is 24.6. The molecule has 0 unspecified atom stereocenters. The lowest BCUT2D eigenvalue weighted by molar-refractivity contribution is -0.140. The molecule has 0 fully saturated rings. The highest BCUT2D eigenvalue weighted by Gasteiger charge is 2.27. The van der Waals surface area contributed by atoms with E-state index in [2.05, 4.69) is 31.3 Å². The fourth-order valence-electron chi connectivity index (χ4n) is 3.32. The zero-order valence-corrected chi connectivity index (χ0v) is 19.3. The monoisotopic (exact) mass is 426 g/mol. The summed E-state index contributed by atoms with van der Waals surface area (Å²) in [5, 5.41) is 2.93. The second-order valence-corrected chi connectivity index (χ2v) is 8.50. The Kier molecular flexibility index (Phi) is 9.22. The molecule has 1 N–H and O–H groups in total. The molecule has 0 saturated heterocycles. The molecule has 168 valence electrons. The van der Waals surface area contributed by atoms with Crippen molar-refractivity contribution in [2.24, 2.45) is 0 Å². The molecule has 0 radical (unpaired) electrons. The van der Waals surface area contributed by atoms with Gasteiger partial charge in [0.15, 0.2) is 0 Å². The number of nitrogens with zero attached hydrogens (tertiary/aromatic N) is 1. The maximum atomic E-state index is 14.3. The molecule has 2 aromatic rings. The largest absolute Gasteiger partial charge is 0.352 e. The lowest BCUT2D eigenvalue weighted by atomic mass is 10.00. The molecule has 2 rings (SSSR count). The number of aryl methyl sites for hydroxylation is 1. The average molecular weight is 427 g/mol. The van der Waals surface area contributed by atoms with Crippen LogP contribution >= 0.6 is 0 Å². The van der Waals surface area contributed by atoms with Crippen molar-refractivity contribution in [1.82, 2.24) is 10.2 Å². The Bertz CT molecular complexity index is 864.